The lowest BCUT2D eigenvalue weighted by molar-refractivity contribution is 0.218. The predicted molar refractivity (Wildman–Crippen MR) is 79.6 cm³/mol. The molecule has 0 radical (unpaired) electrons. The van der Waals surface area contributed by atoms with E-state index >= 15 is 0 Å². The van der Waals surface area contributed by atoms with Crippen molar-refractivity contribution in [2.24, 2.45) is 0 Å². The predicted octanol–water partition coefficient (Wildman–Crippen LogP) is 3.00. The van der Waals surface area contributed by atoms with Gasteiger partial charge in [-0.25, -0.2) is 9.97 Å². The molecule has 0 spiro atoms. The van der Waals surface area contributed by atoms with E-state index in [1.165, 1.54) is 0 Å². The zero-order valence-corrected chi connectivity index (χ0v) is 12.2. The molecule has 0 aliphatic carbocycles. The van der Waals surface area contributed by atoms with Gasteiger partial charge in [0.25, 0.3) is 0 Å². The van der Waals surface area contributed by atoms with Crippen molar-refractivity contribution in [3.8, 4) is 0 Å². The summed E-state index contributed by atoms with van der Waals surface area (Å²) >= 11 is 3.46. The van der Waals surface area contributed by atoms with Crippen LogP contribution in [0.25, 0.3) is 10.2 Å². The number of methoxy groups -OCH3 is 1. The summed E-state index contributed by atoms with van der Waals surface area (Å²) in [5.41, 5.74) is 0. The van der Waals surface area contributed by atoms with E-state index in [-0.39, 0.29) is 0 Å². The summed E-state index contributed by atoms with van der Waals surface area (Å²) in [4.78, 5) is 10.2. The Bertz CT molecular complexity index is 501. The maximum Gasteiger partial charge on any atom is 0.142 e. The highest BCUT2D eigenvalue weighted by Crippen LogP contribution is 2.25. The summed E-state index contributed by atoms with van der Waals surface area (Å²) in [5.74, 6) is 3.64. The molecule has 0 amide bonds. The Hall–Kier alpha value is -0.850. The van der Waals surface area contributed by atoms with Crippen LogP contribution < -0.4 is 5.32 Å². The maximum absolute atomic E-state index is 5.03. The number of thioether (sulfide) groups is 1. The molecule has 18 heavy (non-hydrogen) atoms. The SMILES string of the molecule is CCNc1nc(CSCCOC)nc2sccc12. The standard InChI is InChI=1S/C12H17N3OS2/c1-3-13-11-9-4-6-18-12(9)15-10(14-11)8-17-7-5-16-2/h4,6H,3,5,7-8H2,1-2H3,(H,13,14,15). The van der Waals surface area contributed by atoms with E-state index < -0.39 is 0 Å². The number of nitrogens with zero attached hydrogens (tertiary/aromatic N) is 2. The van der Waals surface area contributed by atoms with E-state index in [9.17, 15) is 0 Å². The van der Waals surface area contributed by atoms with Gasteiger partial charge < -0.3 is 10.1 Å². The fraction of sp³-hybridized carbons (Fsp3) is 0.500. The van der Waals surface area contributed by atoms with Gasteiger partial charge in [-0.1, -0.05) is 0 Å². The average Bonchev–Trinajstić information content (AvgIpc) is 2.83. The largest absolute Gasteiger partial charge is 0.384 e. The van der Waals surface area contributed by atoms with Crippen molar-refractivity contribution < 1.29 is 4.74 Å². The highest BCUT2D eigenvalue weighted by Gasteiger charge is 2.08. The molecule has 2 aromatic heterocycles. The molecule has 98 valence electrons. The first-order valence-corrected chi connectivity index (χ1v) is 7.93. The van der Waals surface area contributed by atoms with E-state index in [0.717, 1.165) is 46.5 Å². The van der Waals surface area contributed by atoms with Crippen LogP contribution in [0.4, 0.5) is 5.82 Å². The van der Waals surface area contributed by atoms with Crippen molar-refractivity contribution in [3.05, 3.63) is 17.3 Å². The lowest BCUT2D eigenvalue weighted by Crippen LogP contribution is -2.03. The van der Waals surface area contributed by atoms with Gasteiger partial charge in [0.05, 0.1) is 17.7 Å². The van der Waals surface area contributed by atoms with Crippen molar-refractivity contribution in [2.45, 2.75) is 12.7 Å². The van der Waals surface area contributed by atoms with Crippen LogP contribution in [0.1, 0.15) is 12.7 Å². The Labute approximate surface area is 115 Å². The quantitative estimate of drug-likeness (QED) is 0.792. The summed E-state index contributed by atoms with van der Waals surface area (Å²) in [6, 6.07) is 2.07. The van der Waals surface area contributed by atoms with E-state index in [1.54, 1.807) is 30.2 Å². The Morgan fingerprint density at radius 3 is 3.11 bits per heavy atom. The molecule has 1 N–H and O–H groups in total. The van der Waals surface area contributed by atoms with Gasteiger partial charge in [-0.15, -0.1) is 11.3 Å². The number of nitrogens with one attached hydrogen (secondary N) is 1. The van der Waals surface area contributed by atoms with Crippen LogP contribution >= 0.6 is 23.1 Å². The number of thiophene rings is 1. The molecule has 0 atom stereocenters. The Kier molecular flexibility index (Phi) is 5.22. The van der Waals surface area contributed by atoms with Crippen molar-refractivity contribution in [1.29, 1.82) is 0 Å². The molecule has 0 aromatic carbocycles. The van der Waals surface area contributed by atoms with Gasteiger partial charge in [0, 0.05) is 19.4 Å². The van der Waals surface area contributed by atoms with Gasteiger partial charge in [0.2, 0.25) is 0 Å². The van der Waals surface area contributed by atoms with Crippen LogP contribution in [0.3, 0.4) is 0 Å². The first-order chi connectivity index (χ1) is 8.85. The number of anilines is 1. The molecule has 4 nitrogen and oxygen atoms in total. The summed E-state index contributed by atoms with van der Waals surface area (Å²) in [6.07, 6.45) is 0. The zero-order chi connectivity index (χ0) is 12.8. The van der Waals surface area contributed by atoms with Crippen molar-refractivity contribution in [1.82, 2.24) is 9.97 Å². The normalized spacial score (nSPS) is 11.0. The molecule has 0 saturated carbocycles. The van der Waals surface area contributed by atoms with Gasteiger partial charge in [-0.05, 0) is 18.4 Å². The molecule has 0 aliphatic rings. The smallest absolute Gasteiger partial charge is 0.142 e. The minimum atomic E-state index is 0.770. The minimum absolute atomic E-state index is 0.770. The second-order valence-electron chi connectivity index (χ2n) is 3.70. The molecule has 0 unspecified atom stereocenters. The molecule has 2 rings (SSSR count). The second-order valence-corrected chi connectivity index (χ2v) is 5.70. The summed E-state index contributed by atoms with van der Waals surface area (Å²) in [5, 5.41) is 6.48. The molecule has 6 heteroatoms. The van der Waals surface area contributed by atoms with Crippen LogP contribution in [0, 0.1) is 0 Å². The van der Waals surface area contributed by atoms with Crippen LogP contribution in [0.5, 0.6) is 0 Å². The number of hydrogen-bond donors (Lipinski definition) is 1. The second kappa shape index (κ2) is 6.92. The highest BCUT2D eigenvalue weighted by molar-refractivity contribution is 7.98. The van der Waals surface area contributed by atoms with E-state index in [1.807, 2.05) is 0 Å². The number of aromatic nitrogens is 2. The number of ether oxygens (including phenoxy) is 1. The van der Waals surface area contributed by atoms with Gasteiger partial charge in [0.15, 0.2) is 0 Å². The first kappa shape index (κ1) is 13.6. The third-order valence-electron chi connectivity index (χ3n) is 2.38. The lowest BCUT2D eigenvalue weighted by atomic mass is 10.3. The third kappa shape index (κ3) is 3.34. The topological polar surface area (TPSA) is 47.0 Å². The molecule has 0 bridgehead atoms. The zero-order valence-electron chi connectivity index (χ0n) is 10.6. The maximum atomic E-state index is 5.03. The van der Waals surface area contributed by atoms with Gasteiger partial charge in [-0.2, -0.15) is 11.8 Å². The van der Waals surface area contributed by atoms with Gasteiger partial charge >= 0.3 is 0 Å². The molecule has 2 aromatic rings. The summed E-state index contributed by atoms with van der Waals surface area (Å²) in [6.45, 7) is 3.72. The molecule has 2 heterocycles. The van der Waals surface area contributed by atoms with E-state index in [0.29, 0.717) is 0 Å². The molecular weight excluding hydrogens is 266 g/mol. The fourth-order valence-electron chi connectivity index (χ4n) is 1.57. The van der Waals surface area contributed by atoms with Gasteiger partial charge in [-0.3, -0.25) is 0 Å². The Morgan fingerprint density at radius 2 is 2.33 bits per heavy atom. The Morgan fingerprint density at radius 1 is 1.44 bits per heavy atom. The fourth-order valence-corrected chi connectivity index (χ4v) is 3.10. The lowest BCUT2D eigenvalue weighted by Gasteiger charge is -2.06. The van der Waals surface area contributed by atoms with Crippen LogP contribution in [-0.4, -0.2) is 36.0 Å². The molecular formula is C12H17N3OS2. The third-order valence-corrected chi connectivity index (χ3v) is 4.10. The highest BCUT2D eigenvalue weighted by atomic mass is 32.2. The van der Waals surface area contributed by atoms with Crippen LogP contribution in [0.15, 0.2) is 11.4 Å². The van der Waals surface area contributed by atoms with Gasteiger partial charge in [0.1, 0.15) is 16.5 Å². The van der Waals surface area contributed by atoms with Crippen molar-refractivity contribution in [2.75, 3.05) is 31.3 Å². The van der Waals surface area contributed by atoms with Crippen LogP contribution in [0.2, 0.25) is 0 Å². The Balaban J connectivity index is 2.12. The van der Waals surface area contributed by atoms with Crippen molar-refractivity contribution >= 4 is 39.1 Å². The van der Waals surface area contributed by atoms with E-state index in [2.05, 4.69) is 33.7 Å². The van der Waals surface area contributed by atoms with Crippen LogP contribution in [-0.2, 0) is 10.5 Å². The molecule has 0 fully saturated rings. The number of rotatable bonds is 7. The summed E-state index contributed by atoms with van der Waals surface area (Å²) < 4.78 is 5.03. The first-order valence-electron chi connectivity index (χ1n) is 5.89. The molecule has 0 saturated heterocycles. The average molecular weight is 283 g/mol. The monoisotopic (exact) mass is 283 g/mol. The molecule has 0 aliphatic heterocycles. The number of hydrogen-bond acceptors (Lipinski definition) is 6. The summed E-state index contributed by atoms with van der Waals surface area (Å²) in [7, 11) is 1.72. The van der Waals surface area contributed by atoms with Crippen molar-refractivity contribution in [3.63, 3.8) is 0 Å². The van der Waals surface area contributed by atoms with E-state index in [4.69, 9.17) is 4.74 Å². The number of fused-ring (bicyclic) bond motifs is 1. The minimum Gasteiger partial charge on any atom is -0.384 e.